The van der Waals surface area contributed by atoms with Crippen LogP contribution in [0, 0.1) is 0 Å². The number of hydrogen-bond donors (Lipinski definition) is 0. The molecule has 0 aliphatic carbocycles. The average molecular weight is 370 g/mol. The number of nitrogens with zero attached hydrogens (tertiary/aromatic N) is 6. The second kappa shape index (κ2) is 7.36. The smallest absolute Gasteiger partial charge is 0.408 e. The van der Waals surface area contributed by atoms with Crippen LogP contribution < -0.4 is 5.76 Å². The minimum atomic E-state index is -0.595. The molecule has 0 bridgehead atoms. The van der Waals surface area contributed by atoms with Gasteiger partial charge in [-0.05, 0) is 19.1 Å². The molecule has 9 heteroatoms. The zero-order valence-corrected chi connectivity index (χ0v) is 15.2. The van der Waals surface area contributed by atoms with Crippen molar-refractivity contribution in [1.82, 2.24) is 29.1 Å². The molecule has 0 saturated carbocycles. The van der Waals surface area contributed by atoms with E-state index in [1.807, 2.05) is 11.0 Å². The molecular weight excluding hydrogens is 348 g/mol. The number of para-hydroxylation sites is 2. The fourth-order valence-corrected chi connectivity index (χ4v) is 3.51. The molecule has 2 aromatic heterocycles. The van der Waals surface area contributed by atoms with E-state index in [1.54, 1.807) is 36.1 Å². The highest BCUT2D eigenvalue weighted by Gasteiger charge is 2.28. The van der Waals surface area contributed by atoms with Crippen molar-refractivity contribution < 1.29 is 9.21 Å². The summed E-state index contributed by atoms with van der Waals surface area (Å²) in [5.41, 5.74) is 1.15. The Kier molecular flexibility index (Phi) is 4.76. The van der Waals surface area contributed by atoms with Gasteiger partial charge in [0.25, 0.3) is 0 Å². The number of hydrogen-bond acceptors (Lipinski definition) is 6. The third-order valence-electron chi connectivity index (χ3n) is 5.06. The summed E-state index contributed by atoms with van der Waals surface area (Å²) < 4.78 is 8.50. The van der Waals surface area contributed by atoms with Gasteiger partial charge in [-0.1, -0.05) is 12.1 Å². The zero-order chi connectivity index (χ0) is 18.8. The van der Waals surface area contributed by atoms with Crippen molar-refractivity contribution in [1.29, 1.82) is 0 Å². The maximum absolute atomic E-state index is 12.9. The average Bonchev–Trinajstić information content (AvgIpc) is 3.32. The van der Waals surface area contributed by atoms with Gasteiger partial charge in [0.15, 0.2) is 5.58 Å². The van der Waals surface area contributed by atoms with Gasteiger partial charge in [0.2, 0.25) is 5.91 Å². The van der Waals surface area contributed by atoms with Crippen molar-refractivity contribution in [2.24, 2.45) is 0 Å². The number of benzene rings is 1. The summed E-state index contributed by atoms with van der Waals surface area (Å²) in [4.78, 5) is 33.2. The molecule has 0 radical (unpaired) electrons. The highest BCUT2D eigenvalue weighted by Crippen LogP contribution is 2.19. The molecule has 0 unspecified atom stereocenters. The van der Waals surface area contributed by atoms with Crippen molar-refractivity contribution >= 4 is 17.0 Å². The standard InChI is InChI=1S/C18H22N6O3/c1-14(24-15-4-2-3-5-16(15)27-18(24)26)17(25)22-9-6-21(7-10-22)8-11-23-13-19-12-20-23/h2-5,12-14H,6-11H2,1H3/t14-/m1/s1. The summed E-state index contributed by atoms with van der Waals surface area (Å²) in [7, 11) is 0. The topological polar surface area (TPSA) is 89.4 Å². The van der Waals surface area contributed by atoms with E-state index in [-0.39, 0.29) is 5.91 Å². The number of aromatic nitrogens is 4. The lowest BCUT2D eigenvalue weighted by Crippen LogP contribution is -2.51. The summed E-state index contributed by atoms with van der Waals surface area (Å²) >= 11 is 0. The molecule has 3 aromatic rings. The SMILES string of the molecule is C[C@H](C(=O)N1CCN(CCn2cncn2)CC1)n1c(=O)oc2ccccc21. The molecule has 4 rings (SSSR count). The number of fused-ring (bicyclic) bond motifs is 1. The molecule has 0 spiro atoms. The first-order chi connectivity index (χ1) is 13.1. The molecule has 9 nitrogen and oxygen atoms in total. The summed E-state index contributed by atoms with van der Waals surface area (Å²) in [6.07, 6.45) is 3.23. The lowest BCUT2D eigenvalue weighted by atomic mass is 10.2. The summed E-state index contributed by atoms with van der Waals surface area (Å²) in [5.74, 6) is -0.553. The number of oxazole rings is 1. The predicted octanol–water partition coefficient (Wildman–Crippen LogP) is 0.591. The maximum Gasteiger partial charge on any atom is 0.420 e. The minimum absolute atomic E-state index is 0.0559. The second-order valence-electron chi connectivity index (χ2n) is 6.71. The van der Waals surface area contributed by atoms with E-state index in [2.05, 4.69) is 15.0 Å². The van der Waals surface area contributed by atoms with Gasteiger partial charge in [-0.15, -0.1) is 0 Å². The Morgan fingerprint density at radius 1 is 1.19 bits per heavy atom. The summed E-state index contributed by atoms with van der Waals surface area (Å²) in [6, 6.07) is 6.58. The molecule has 27 heavy (non-hydrogen) atoms. The molecule has 1 atom stereocenters. The zero-order valence-electron chi connectivity index (χ0n) is 15.2. The van der Waals surface area contributed by atoms with Gasteiger partial charge in [0.1, 0.15) is 18.7 Å². The predicted molar refractivity (Wildman–Crippen MR) is 98.2 cm³/mol. The van der Waals surface area contributed by atoms with Gasteiger partial charge >= 0.3 is 5.76 Å². The van der Waals surface area contributed by atoms with Crippen LogP contribution in [0.4, 0.5) is 0 Å². The van der Waals surface area contributed by atoms with Crippen molar-refractivity contribution in [2.75, 3.05) is 32.7 Å². The van der Waals surface area contributed by atoms with Gasteiger partial charge in [0, 0.05) is 32.7 Å². The highest BCUT2D eigenvalue weighted by molar-refractivity contribution is 5.83. The fourth-order valence-electron chi connectivity index (χ4n) is 3.51. The van der Waals surface area contributed by atoms with Gasteiger partial charge < -0.3 is 9.32 Å². The second-order valence-corrected chi connectivity index (χ2v) is 6.71. The number of amides is 1. The third-order valence-corrected chi connectivity index (χ3v) is 5.06. The van der Waals surface area contributed by atoms with Crippen LogP contribution in [0.5, 0.6) is 0 Å². The molecule has 1 fully saturated rings. The number of rotatable bonds is 5. The van der Waals surface area contributed by atoms with Crippen LogP contribution in [-0.2, 0) is 11.3 Å². The summed E-state index contributed by atoms with van der Waals surface area (Å²) in [6.45, 7) is 6.29. The van der Waals surface area contributed by atoms with E-state index in [0.717, 1.165) is 26.2 Å². The van der Waals surface area contributed by atoms with E-state index in [1.165, 1.54) is 10.9 Å². The third kappa shape index (κ3) is 3.50. The van der Waals surface area contributed by atoms with Gasteiger partial charge in [-0.2, -0.15) is 5.10 Å². The first-order valence-corrected chi connectivity index (χ1v) is 9.07. The molecular formula is C18H22N6O3. The quantitative estimate of drug-likeness (QED) is 0.653. The molecule has 142 valence electrons. The van der Waals surface area contributed by atoms with Crippen molar-refractivity contribution in [3.05, 3.63) is 47.5 Å². The Hall–Kier alpha value is -2.94. The van der Waals surface area contributed by atoms with E-state index in [9.17, 15) is 9.59 Å². The highest BCUT2D eigenvalue weighted by atomic mass is 16.4. The molecule has 1 saturated heterocycles. The minimum Gasteiger partial charge on any atom is -0.408 e. The van der Waals surface area contributed by atoms with Crippen LogP contribution in [0.1, 0.15) is 13.0 Å². The normalized spacial score (nSPS) is 16.7. The van der Waals surface area contributed by atoms with Crippen molar-refractivity contribution in [3.63, 3.8) is 0 Å². The fraction of sp³-hybridized carbons (Fsp3) is 0.444. The Labute approximate surface area is 155 Å². The Bertz CT molecular complexity index is 969. The number of piperazine rings is 1. The Balaban J connectivity index is 1.38. The lowest BCUT2D eigenvalue weighted by Gasteiger charge is -2.35. The largest absolute Gasteiger partial charge is 0.420 e. The molecule has 0 N–H and O–H groups in total. The van der Waals surface area contributed by atoms with Gasteiger partial charge in [-0.3, -0.25) is 18.9 Å². The lowest BCUT2D eigenvalue weighted by molar-refractivity contribution is -0.136. The van der Waals surface area contributed by atoms with E-state index in [4.69, 9.17) is 4.42 Å². The first-order valence-electron chi connectivity index (χ1n) is 9.07. The van der Waals surface area contributed by atoms with Crippen LogP contribution >= 0.6 is 0 Å². The van der Waals surface area contributed by atoms with Crippen LogP contribution in [-0.4, -0.2) is 67.8 Å². The maximum atomic E-state index is 12.9. The monoisotopic (exact) mass is 370 g/mol. The molecule has 1 amide bonds. The van der Waals surface area contributed by atoms with E-state index >= 15 is 0 Å². The summed E-state index contributed by atoms with van der Waals surface area (Å²) in [5, 5.41) is 4.10. The molecule has 3 heterocycles. The Morgan fingerprint density at radius 3 is 2.70 bits per heavy atom. The van der Waals surface area contributed by atoms with E-state index in [0.29, 0.717) is 24.2 Å². The van der Waals surface area contributed by atoms with Crippen LogP contribution in [0.15, 0.2) is 46.1 Å². The van der Waals surface area contributed by atoms with Gasteiger partial charge in [-0.25, -0.2) is 9.78 Å². The van der Waals surface area contributed by atoms with Crippen LogP contribution in [0.2, 0.25) is 0 Å². The number of carbonyl (C=O) groups is 1. The van der Waals surface area contributed by atoms with Crippen LogP contribution in [0.25, 0.3) is 11.1 Å². The van der Waals surface area contributed by atoms with Crippen molar-refractivity contribution in [2.45, 2.75) is 19.5 Å². The molecule has 1 aliphatic heterocycles. The molecule has 1 aromatic carbocycles. The van der Waals surface area contributed by atoms with E-state index < -0.39 is 11.8 Å². The Morgan fingerprint density at radius 2 is 1.96 bits per heavy atom. The van der Waals surface area contributed by atoms with Crippen molar-refractivity contribution in [3.8, 4) is 0 Å². The number of carbonyl (C=O) groups excluding carboxylic acids is 1. The van der Waals surface area contributed by atoms with Gasteiger partial charge in [0.05, 0.1) is 12.1 Å². The van der Waals surface area contributed by atoms with Crippen LogP contribution in [0.3, 0.4) is 0 Å². The molecule has 1 aliphatic rings. The first kappa shape index (κ1) is 17.5.